The number of anilines is 1. The number of aryl methyl sites for hydroxylation is 1. The van der Waals surface area contributed by atoms with Crippen LogP contribution in [-0.4, -0.2) is 37.9 Å². The van der Waals surface area contributed by atoms with Gasteiger partial charge in [0.2, 0.25) is 0 Å². The molecule has 118 valence electrons. The zero-order chi connectivity index (χ0) is 16.5. The zero-order valence-corrected chi connectivity index (χ0v) is 11.7. The van der Waals surface area contributed by atoms with E-state index >= 15 is 0 Å². The van der Waals surface area contributed by atoms with Crippen LogP contribution in [0.5, 0.6) is 0 Å². The van der Waals surface area contributed by atoms with Gasteiger partial charge in [0, 0.05) is 32.4 Å². The average molecular weight is 315 g/mol. The maximum absolute atomic E-state index is 12.9. The van der Waals surface area contributed by atoms with Gasteiger partial charge in [0.15, 0.2) is 11.4 Å². The Bertz CT molecular complexity index is 681. The summed E-state index contributed by atoms with van der Waals surface area (Å²) in [6, 6.07) is 0. The third kappa shape index (κ3) is 3.32. The molecule has 7 nitrogen and oxygen atoms in total. The second kappa shape index (κ2) is 5.62. The molecular weight excluding hydrogens is 303 g/mol. The lowest BCUT2D eigenvalue weighted by Crippen LogP contribution is -2.20. The molecule has 1 N–H and O–H groups in total. The first-order valence-corrected chi connectivity index (χ1v) is 6.04. The van der Waals surface area contributed by atoms with Gasteiger partial charge in [0.1, 0.15) is 5.82 Å². The quantitative estimate of drug-likeness (QED) is 0.922. The number of carboxylic acid groups (broad SMARTS) is 1. The van der Waals surface area contributed by atoms with Gasteiger partial charge in [0.05, 0.1) is 12.4 Å². The predicted molar refractivity (Wildman–Crippen MR) is 69.3 cm³/mol. The molecule has 0 aliphatic carbocycles. The number of hydrogen-bond donors (Lipinski definition) is 1. The van der Waals surface area contributed by atoms with Crippen molar-refractivity contribution >= 4 is 11.8 Å². The summed E-state index contributed by atoms with van der Waals surface area (Å²) in [6.07, 6.45) is -1.04. The van der Waals surface area contributed by atoms with E-state index in [-0.39, 0.29) is 23.6 Å². The van der Waals surface area contributed by atoms with Gasteiger partial charge < -0.3 is 10.0 Å². The largest absolute Gasteiger partial charge is 0.476 e. The van der Waals surface area contributed by atoms with Gasteiger partial charge >= 0.3 is 12.1 Å². The Morgan fingerprint density at radius 2 is 2.05 bits per heavy atom. The molecule has 0 fully saturated rings. The van der Waals surface area contributed by atoms with Crippen LogP contribution in [0.2, 0.25) is 0 Å². The fraction of sp³-hybridized carbons (Fsp3) is 0.333. The van der Waals surface area contributed by atoms with Crippen LogP contribution in [0.25, 0.3) is 0 Å². The van der Waals surface area contributed by atoms with Crippen molar-refractivity contribution in [1.82, 2.24) is 19.7 Å². The van der Waals surface area contributed by atoms with Gasteiger partial charge in [-0.1, -0.05) is 0 Å². The van der Waals surface area contributed by atoms with E-state index in [9.17, 15) is 18.0 Å². The minimum atomic E-state index is -4.55. The molecule has 2 heterocycles. The zero-order valence-electron chi connectivity index (χ0n) is 11.7. The number of rotatable bonds is 4. The van der Waals surface area contributed by atoms with Crippen molar-refractivity contribution in [3.05, 3.63) is 35.5 Å². The SMILES string of the molecule is CN(Cc1cn(C)nc1C(F)(F)F)c1cnc(C(=O)O)cn1. The lowest BCUT2D eigenvalue weighted by atomic mass is 10.2. The number of aromatic nitrogens is 4. The summed E-state index contributed by atoms with van der Waals surface area (Å²) in [5.41, 5.74) is -1.21. The summed E-state index contributed by atoms with van der Waals surface area (Å²) in [7, 11) is 2.93. The third-order valence-electron chi connectivity index (χ3n) is 2.83. The van der Waals surface area contributed by atoms with E-state index in [2.05, 4.69) is 15.1 Å². The van der Waals surface area contributed by atoms with E-state index in [0.29, 0.717) is 0 Å². The van der Waals surface area contributed by atoms with Crippen molar-refractivity contribution in [3.63, 3.8) is 0 Å². The minimum absolute atomic E-state index is 0.0124. The molecule has 0 unspecified atom stereocenters. The van der Waals surface area contributed by atoms with Crippen molar-refractivity contribution < 1.29 is 23.1 Å². The number of carboxylic acids is 1. The molecule has 2 aromatic rings. The lowest BCUT2D eigenvalue weighted by molar-refractivity contribution is -0.142. The highest BCUT2D eigenvalue weighted by atomic mass is 19.4. The van der Waals surface area contributed by atoms with E-state index in [1.807, 2.05) is 0 Å². The summed E-state index contributed by atoms with van der Waals surface area (Å²) >= 11 is 0. The Kier molecular flexibility index (Phi) is 4.02. The van der Waals surface area contributed by atoms with Gasteiger partial charge in [-0.2, -0.15) is 18.3 Å². The number of nitrogens with zero attached hydrogens (tertiary/aromatic N) is 5. The molecule has 0 atom stereocenters. The standard InChI is InChI=1S/C12H12F3N5O2/c1-19(9-4-16-8(3-17-9)11(21)22)5-7-6-20(2)18-10(7)12(13,14)15/h3-4,6H,5H2,1-2H3,(H,21,22). The van der Waals surface area contributed by atoms with Gasteiger partial charge in [-0.3, -0.25) is 4.68 Å². The second-order valence-corrected chi connectivity index (χ2v) is 4.60. The number of carbonyl (C=O) groups is 1. The molecule has 0 saturated carbocycles. The molecule has 22 heavy (non-hydrogen) atoms. The first-order valence-electron chi connectivity index (χ1n) is 6.04. The smallest absolute Gasteiger partial charge is 0.435 e. The van der Waals surface area contributed by atoms with E-state index in [1.165, 1.54) is 31.4 Å². The molecule has 0 aliphatic heterocycles. The molecular formula is C12H12F3N5O2. The van der Waals surface area contributed by atoms with E-state index in [0.717, 1.165) is 10.9 Å². The molecule has 0 saturated heterocycles. The number of alkyl halides is 3. The van der Waals surface area contributed by atoms with Crippen LogP contribution in [0.3, 0.4) is 0 Å². The van der Waals surface area contributed by atoms with Gasteiger partial charge in [-0.15, -0.1) is 0 Å². The summed E-state index contributed by atoms with van der Waals surface area (Å²) in [5, 5.41) is 12.1. The average Bonchev–Trinajstić information content (AvgIpc) is 2.79. The van der Waals surface area contributed by atoms with Crippen LogP contribution in [0.4, 0.5) is 19.0 Å². The molecule has 0 aromatic carbocycles. The molecule has 2 rings (SSSR count). The highest BCUT2D eigenvalue weighted by Crippen LogP contribution is 2.31. The van der Waals surface area contributed by atoms with Crippen LogP contribution < -0.4 is 4.90 Å². The molecule has 10 heteroatoms. The van der Waals surface area contributed by atoms with Crippen molar-refractivity contribution in [3.8, 4) is 0 Å². The summed E-state index contributed by atoms with van der Waals surface area (Å²) in [6.45, 7) is -0.0935. The molecule has 0 spiro atoms. The summed E-state index contributed by atoms with van der Waals surface area (Å²) in [4.78, 5) is 19.6. The van der Waals surface area contributed by atoms with Crippen molar-refractivity contribution in [2.75, 3.05) is 11.9 Å². The van der Waals surface area contributed by atoms with Crippen molar-refractivity contribution in [1.29, 1.82) is 0 Å². The van der Waals surface area contributed by atoms with Crippen molar-refractivity contribution in [2.45, 2.75) is 12.7 Å². The van der Waals surface area contributed by atoms with Crippen LogP contribution in [0.15, 0.2) is 18.6 Å². The fourth-order valence-electron chi connectivity index (χ4n) is 1.86. The second-order valence-electron chi connectivity index (χ2n) is 4.60. The third-order valence-corrected chi connectivity index (χ3v) is 2.83. The van der Waals surface area contributed by atoms with Crippen molar-refractivity contribution in [2.24, 2.45) is 7.05 Å². The van der Waals surface area contributed by atoms with Gasteiger partial charge in [0.25, 0.3) is 0 Å². The Morgan fingerprint density at radius 3 is 2.55 bits per heavy atom. The van der Waals surface area contributed by atoms with Crippen LogP contribution in [0, 0.1) is 0 Å². The van der Waals surface area contributed by atoms with Crippen LogP contribution in [0.1, 0.15) is 21.7 Å². The number of halogens is 3. The normalized spacial score (nSPS) is 11.5. The van der Waals surface area contributed by atoms with E-state index in [1.54, 1.807) is 0 Å². The Morgan fingerprint density at radius 1 is 1.36 bits per heavy atom. The maximum Gasteiger partial charge on any atom is 0.435 e. The molecule has 0 aliphatic rings. The monoisotopic (exact) mass is 315 g/mol. The van der Waals surface area contributed by atoms with Gasteiger partial charge in [-0.25, -0.2) is 14.8 Å². The minimum Gasteiger partial charge on any atom is -0.476 e. The molecule has 2 aromatic heterocycles. The Labute approximate surface area is 123 Å². The number of aromatic carboxylic acids is 1. The Hall–Kier alpha value is -2.65. The van der Waals surface area contributed by atoms with Crippen LogP contribution >= 0.6 is 0 Å². The Balaban J connectivity index is 2.22. The first kappa shape index (κ1) is 15.7. The predicted octanol–water partition coefficient (Wildman–Crippen LogP) is 1.56. The summed E-state index contributed by atoms with van der Waals surface area (Å²) < 4.78 is 39.7. The summed E-state index contributed by atoms with van der Waals surface area (Å²) in [5.74, 6) is -0.977. The van der Waals surface area contributed by atoms with Crippen LogP contribution in [-0.2, 0) is 19.8 Å². The lowest BCUT2D eigenvalue weighted by Gasteiger charge is -2.18. The molecule has 0 radical (unpaired) electrons. The topological polar surface area (TPSA) is 84.1 Å². The number of hydrogen-bond acceptors (Lipinski definition) is 5. The highest BCUT2D eigenvalue weighted by Gasteiger charge is 2.37. The van der Waals surface area contributed by atoms with E-state index in [4.69, 9.17) is 5.11 Å². The fourth-order valence-corrected chi connectivity index (χ4v) is 1.86. The van der Waals surface area contributed by atoms with Gasteiger partial charge in [-0.05, 0) is 0 Å². The van der Waals surface area contributed by atoms with E-state index < -0.39 is 17.8 Å². The molecule has 0 bridgehead atoms. The maximum atomic E-state index is 12.9. The molecule has 0 amide bonds. The first-order chi connectivity index (χ1) is 10.2. The highest BCUT2D eigenvalue weighted by molar-refractivity contribution is 5.84.